The number of hydrogen-bond donors (Lipinski definition) is 1. The Kier molecular flexibility index (Phi) is 5.66. The van der Waals surface area contributed by atoms with E-state index in [1.165, 1.54) is 24.1 Å². The van der Waals surface area contributed by atoms with Crippen molar-refractivity contribution in [2.24, 2.45) is 7.05 Å². The van der Waals surface area contributed by atoms with Crippen LogP contribution in [0.5, 0.6) is 0 Å². The van der Waals surface area contributed by atoms with E-state index in [4.69, 9.17) is 0 Å². The number of nitrogens with zero attached hydrogens (tertiary/aromatic N) is 4. The number of nitrogens with one attached hydrogen (secondary N) is 1. The predicted molar refractivity (Wildman–Crippen MR) is 100 cm³/mol. The Labute approximate surface area is 157 Å². The van der Waals surface area contributed by atoms with Gasteiger partial charge in [-0.2, -0.15) is 5.10 Å². The molecule has 8 heteroatoms. The number of carbonyl (C=O) groups is 2. The standard InChI is InChI=1S/C19H23N5O3/c1-20-18(26)16-13-23(12-14-6-4-3-5-7-14)10-11-24(16)19(27)15-8-9-17(25)22(2)21-15/h3-9,16H,10-13H2,1-2H3,(H,20,26). The number of benzene rings is 1. The number of aromatic nitrogens is 2. The lowest BCUT2D eigenvalue weighted by atomic mass is 10.1. The first-order valence-corrected chi connectivity index (χ1v) is 8.83. The Morgan fingerprint density at radius 2 is 1.89 bits per heavy atom. The van der Waals surface area contributed by atoms with E-state index in [0.29, 0.717) is 26.2 Å². The van der Waals surface area contributed by atoms with Crippen LogP contribution in [0.25, 0.3) is 0 Å². The minimum absolute atomic E-state index is 0.155. The van der Waals surface area contributed by atoms with Gasteiger partial charge in [0.1, 0.15) is 11.7 Å². The van der Waals surface area contributed by atoms with E-state index in [-0.39, 0.29) is 23.1 Å². The average molecular weight is 369 g/mol. The first kappa shape index (κ1) is 18.8. The summed E-state index contributed by atoms with van der Waals surface area (Å²) in [5, 5.41) is 6.66. The van der Waals surface area contributed by atoms with Crippen molar-refractivity contribution in [2.45, 2.75) is 12.6 Å². The molecule has 142 valence electrons. The second-order valence-electron chi connectivity index (χ2n) is 6.53. The fraction of sp³-hybridized carbons (Fsp3) is 0.368. The molecule has 1 unspecified atom stereocenters. The lowest BCUT2D eigenvalue weighted by Crippen LogP contribution is -2.60. The molecule has 1 atom stereocenters. The van der Waals surface area contributed by atoms with Crippen LogP contribution in [0, 0.1) is 0 Å². The van der Waals surface area contributed by atoms with Crippen LogP contribution in [-0.4, -0.2) is 64.1 Å². The van der Waals surface area contributed by atoms with E-state index < -0.39 is 6.04 Å². The molecule has 2 aromatic rings. The average Bonchev–Trinajstić information content (AvgIpc) is 2.69. The molecule has 1 aromatic carbocycles. The lowest BCUT2D eigenvalue weighted by Gasteiger charge is -2.40. The monoisotopic (exact) mass is 369 g/mol. The number of aryl methyl sites for hydroxylation is 1. The molecule has 1 aliphatic heterocycles. The Hall–Kier alpha value is -3.00. The first-order chi connectivity index (χ1) is 13.0. The zero-order valence-electron chi connectivity index (χ0n) is 15.5. The molecule has 1 aliphatic rings. The van der Waals surface area contributed by atoms with Crippen molar-refractivity contribution in [3.63, 3.8) is 0 Å². The van der Waals surface area contributed by atoms with Crippen LogP contribution in [0.15, 0.2) is 47.3 Å². The van der Waals surface area contributed by atoms with Gasteiger partial charge in [0.05, 0.1) is 0 Å². The van der Waals surface area contributed by atoms with Crippen LogP contribution in [0.3, 0.4) is 0 Å². The molecular weight excluding hydrogens is 346 g/mol. The Morgan fingerprint density at radius 1 is 1.15 bits per heavy atom. The highest BCUT2D eigenvalue weighted by Crippen LogP contribution is 2.16. The van der Waals surface area contributed by atoms with Gasteiger partial charge in [0.2, 0.25) is 5.91 Å². The van der Waals surface area contributed by atoms with Gasteiger partial charge in [0.15, 0.2) is 0 Å². The van der Waals surface area contributed by atoms with Gasteiger partial charge >= 0.3 is 0 Å². The van der Waals surface area contributed by atoms with E-state index in [2.05, 4.69) is 15.3 Å². The predicted octanol–water partition coefficient (Wildman–Crippen LogP) is -0.147. The molecule has 0 bridgehead atoms. The highest BCUT2D eigenvalue weighted by atomic mass is 16.2. The summed E-state index contributed by atoms with van der Waals surface area (Å²) in [5.74, 6) is -0.565. The van der Waals surface area contributed by atoms with Gasteiger partial charge in [0.25, 0.3) is 11.5 Å². The van der Waals surface area contributed by atoms with Gasteiger partial charge in [-0.1, -0.05) is 30.3 Å². The molecule has 2 amide bonds. The summed E-state index contributed by atoms with van der Waals surface area (Å²) in [6, 6.07) is 12.1. The van der Waals surface area contributed by atoms with Gasteiger partial charge in [-0.3, -0.25) is 19.3 Å². The second-order valence-corrected chi connectivity index (χ2v) is 6.53. The summed E-state index contributed by atoms with van der Waals surface area (Å²) in [6.07, 6.45) is 0. The maximum Gasteiger partial charge on any atom is 0.275 e. The Bertz CT molecular complexity index is 880. The quantitative estimate of drug-likeness (QED) is 0.810. The fourth-order valence-corrected chi connectivity index (χ4v) is 3.22. The first-order valence-electron chi connectivity index (χ1n) is 8.83. The van der Waals surface area contributed by atoms with Gasteiger partial charge in [-0.25, -0.2) is 4.68 Å². The van der Waals surface area contributed by atoms with Crippen molar-refractivity contribution in [3.8, 4) is 0 Å². The summed E-state index contributed by atoms with van der Waals surface area (Å²) >= 11 is 0. The second kappa shape index (κ2) is 8.13. The molecule has 3 rings (SSSR count). The third-order valence-corrected chi connectivity index (χ3v) is 4.70. The van der Waals surface area contributed by atoms with Gasteiger partial charge in [-0.05, 0) is 11.6 Å². The van der Waals surface area contributed by atoms with E-state index in [9.17, 15) is 14.4 Å². The number of carbonyl (C=O) groups excluding carboxylic acids is 2. The summed E-state index contributed by atoms with van der Waals surface area (Å²) < 4.78 is 1.12. The van der Waals surface area contributed by atoms with Crippen LogP contribution < -0.4 is 10.9 Å². The maximum atomic E-state index is 12.9. The molecule has 2 heterocycles. The molecule has 1 saturated heterocycles. The highest BCUT2D eigenvalue weighted by molar-refractivity contribution is 5.96. The third kappa shape index (κ3) is 4.22. The molecule has 0 spiro atoms. The maximum absolute atomic E-state index is 12.9. The zero-order valence-corrected chi connectivity index (χ0v) is 15.5. The summed E-state index contributed by atoms with van der Waals surface area (Å²) in [7, 11) is 3.05. The van der Waals surface area contributed by atoms with E-state index in [1.54, 1.807) is 7.05 Å². The fourth-order valence-electron chi connectivity index (χ4n) is 3.22. The van der Waals surface area contributed by atoms with Crippen LogP contribution in [0.1, 0.15) is 16.1 Å². The molecule has 1 aromatic heterocycles. The Morgan fingerprint density at radius 3 is 2.56 bits per heavy atom. The topological polar surface area (TPSA) is 87.5 Å². The number of likely N-dealkylation sites (N-methyl/N-ethyl adjacent to an activating group) is 1. The summed E-state index contributed by atoms with van der Waals surface area (Å²) in [4.78, 5) is 40.5. The number of hydrogen-bond acceptors (Lipinski definition) is 5. The van der Waals surface area contributed by atoms with Crippen LogP contribution in [0.2, 0.25) is 0 Å². The van der Waals surface area contributed by atoms with Crippen molar-refractivity contribution in [2.75, 3.05) is 26.7 Å². The Balaban J connectivity index is 1.78. The molecule has 0 aliphatic carbocycles. The normalized spacial score (nSPS) is 17.6. The zero-order chi connectivity index (χ0) is 19.4. The van der Waals surface area contributed by atoms with Gasteiger partial charge < -0.3 is 10.2 Å². The highest BCUT2D eigenvalue weighted by Gasteiger charge is 2.35. The molecule has 8 nitrogen and oxygen atoms in total. The van der Waals surface area contributed by atoms with Crippen LogP contribution in [0.4, 0.5) is 0 Å². The molecular formula is C19H23N5O3. The van der Waals surface area contributed by atoms with Crippen LogP contribution >= 0.6 is 0 Å². The van der Waals surface area contributed by atoms with Crippen molar-refractivity contribution in [3.05, 3.63) is 64.1 Å². The number of rotatable bonds is 4. The molecule has 27 heavy (non-hydrogen) atoms. The summed E-state index contributed by atoms with van der Waals surface area (Å²) in [6.45, 7) is 2.22. The SMILES string of the molecule is CNC(=O)C1CN(Cc2ccccc2)CCN1C(=O)c1ccc(=O)n(C)n1. The summed E-state index contributed by atoms with van der Waals surface area (Å²) in [5.41, 5.74) is 1.03. The van der Waals surface area contributed by atoms with Gasteiger partial charge in [0, 0.05) is 46.3 Å². The smallest absolute Gasteiger partial charge is 0.275 e. The van der Waals surface area contributed by atoms with Crippen LogP contribution in [-0.2, 0) is 18.4 Å². The van der Waals surface area contributed by atoms with Crippen molar-refractivity contribution in [1.82, 2.24) is 24.9 Å². The molecule has 0 radical (unpaired) electrons. The number of amides is 2. The third-order valence-electron chi connectivity index (χ3n) is 4.70. The molecule has 1 N–H and O–H groups in total. The van der Waals surface area contributed by atoms with E-state index >= 15 is 0 Å². The van der Waals surface area contributed by atoms with Crippen molar-refractivity contribution >= 4 is 11.8 Å². The van der Waals surface area contributed by atoms with E-state index in [1.807, 2.05) is 30.3 Å². The van der Waals surface area contributed by atoms with Crippen molar-refractivity contribution < 1.29 is 9.59 Å². The van der Waals surface area contributed by atoms with Crippen molar-refractivity contribution in [1.29, 1.82) is 0 Å². The molecule has 1 fully saturated rings. The largest absolute Gasteiger partial charge is 0.357 e. The number of piperazine rings is 1. The molecule has 0 saturated carbocycles. The minimum Gasteiger partial charge on any atom is -0.357 e. The van der Waals surface area contributed by atoms with Gasteiger partial charge in [-0.15, -0.1) is 0 Å². The minimum atomic E-state index is -0.612. The van der Waals surface area contributed by atoms with E-state index in [0.717, 1.165) is 10.2 Å². The lowest BCUT2D eigenvalue weighted by molar-refractivity contribution is -0.127.